The number of nitrogen functional groups attached to an aromatic ring is 1. The molecule has 25 heavy (non-hydrogen) atoms. The van der Waals surface area contributed by atoms with Crippen LogP contribution in [0, 0.1) is 0 Å². The summed E-state index contributed by atoms with van der Waals surface area (Å²) in [5.74, 6) is 0.393. The number of anilines is 1. The molecule has 0 aromatic carbocycles. The summed E-state index contributed by atoms with van der Waals surface area (Å²) in [4.78, 5) is 10.6. The Labute approximate surface area is 145 Å². The summed E-state index contributed by atoms with van der Waals surface area (Å²) >= 11 is 0. The van der Waals surface area contributed by atoms with E-state index in [1.54, 1.807) is 4.57 Å². The highest BCUT2D eigenvalue weighted by Gasteiger charge is 2.45. The van der Waals surface area contributed by atoms with Gasteiger partial charge in [-0.2, -0.15) is 0 Å². The highest BCUT2D eigenvalue weighted by atomic mass is 16.6. The number of nitrogens with zero attached hydrogens (tertiary/aromatic N) is 4. The molecule has 9 heteroatoms. The van der Waals surface area contributed by atoms with Crippen LogP contribution in [0.15, 0.2) is 12.5 Å². The van der Waals surface area contributed by atoms with Gasteiger partial charge in [-0.15, -0.1) is 0 Å². The SMILES string of the molecule is NCCCc1cn([C@@H]2O[C@H](CN3CC3)[C@@H](O)[C@H]2O)c2ncnc(N)c12. The number of aryl methyl sites for hydroxylation is 1. The van der Waals surface area contributed by atoms with Gasteiger partial charge in [0.15, 0.2) is 6.23 Å². The van der Waals surface area contributed by atoms with Crippen LogP contribution in [0.2, 0.25) is 0 Å². The third kappa shape index (κ3) is 2.98. The van der Waals surface area contributed by atoms with E-state index in [1.807, 2.05) is 6.20 Å². The molecule has 2 aliphatic heterocycles. The van der Waals surface area contributed by atoms with Gasteiger partial charge >= 0.3 is 0 Å². The molecule has 2 aliphatic rings. The minimum atomic E-state index is -1.03. The minimum Gasteiger partial charge on any atom is -0.387 e. The number of rotatable bonds is 6. The molecule has 9 nitrogen and oxygen atoms in total. The number of aliphatic hydroxyl groups is 2. The second-order valence-corrected chi connectivity index (χ2v) is 6.76. The third-order valence-corrected chi connectivity index (χ3v) is 4.96. The largest absolute Gasteiger partial charge is 0.387 e. The molecule has 0 radical (unpaired) electrons. The quantitative estimate of drug-likeness (QED) is 0.480. The van der Waals surface area contributed by atoms with Crippen LogP contribution in [0.4, 0.5) is 5.82 Å². The molecular weight excluding hydrogens is 324 g/mol. The van der Waals surface area contributed by atoms with Gasteiger partial charge in [-0.1, -0.05) is 0 Å². The maximum absolute atomic E-state index is 10.5. The number of hydrogen-bond donors (Lipinski definition) is 4. The highest BCUT2D eigenvalue weighted by molar-refractivity contribution is 5.89. The average molecular weight is 348 g/mol. The number of aliphatic hydroxyl groups excluding tert-OH is 2. The molecule has 2 saturated heterocycles. The van der Waals surface area contributed by atoms with E-state index in [9.17, 15) is 10.2 Å². The monoisotopic (exact) mass is 348 g/mol. The molecule has 4 atom stereocenters. The Balaban J connectivity index is 1.69. The molecule has 136 valence electrons. The zero-order chi connectivity index (χ0) is 17.6. The Morgan fingerprint density at radius 1 is 1.24 bits per heavy atom. The first-order valence-electron chi connectivity index (χ1n) is 8.64. The summed E-state index contributed by atoms with van der Waals surface area (Å²) in [5.41, 5.74) is 13.2. The number of fused-ring (bicyclic) bond motifs is 1. The highest BCUT2D eigenvalue weighted by Crippen LogP contribution is 2.35. The van der Waals surface area contributed by atoms with Crippen molar-refractivity contribution in [2.24, 2.45) is 5.73 Å². The average Bonchev–Trinajstić information content (AvgIpc) is 3.28. The summed E-state index contributed by atoms with van der Waals surface area (Å²) in [6.45, 7) is 3.20. The van der Waals surface area contributed by atoms with E-state index in [1.165, 1.54) is 6.33 Å². The molecule has 0 amide bonds. The first-order chi connectivity index (χ1) is 12.1. The fourth-order valence-electron chi connectivity index (χ4n) is 3.48. The minimum absolute atomic E-state index is 0.393. The first-order valence-corrected chi connectivity index (χ1v) is 8.64. The van der Waals surface area contributed by atoms with Gasteiger partial charge in [0.2, 0.25) is 0 Å². The Kier molecular flexibility index (Phi) is 4.34. The maximum Gasteiger partial charge on any atom is 0.164 e. The summed E-state index contributed by atoms with van der Waals surface area (Å²) in [6, 6.07) is 0. The van der Waals surface area contributed by atoms with Gasteiger partial charge in [-0.05, 0) is 24.9 Å². The van der Waals surface area contributed by atoms with Crippen molar-refractivity contribution in [3.8, 4) is 0 Å². The van der Waals surface area contributed by atoms with Gasteiger partial charge in [0.05, 0.1) is 5.39 Å². The predicted octanol–water partition coefficient (Wildman–Crippen LogP) is -1.16. The van der Waals surface area contributed by atoms with Gasteiger partial charge in [-0.25, -0.2) is 9.97 Å². The van der Waals surface area contributed by atoms with Crippen LogP contribution in [-0.4, -0.2) is 74.1 Å². The second-order valence-electron chi connectivity index (χ2n) is 6.76. The molecule has 4 heterocycles. The van der Waals surface area contributed by atoms with Gasteiger partial charge in [0.25, 0.3) is 0 Å². The van der Waals surface area contributed by atoms with E-state index in [0.29, 0.717) is 24.6 Å². The molecular formula is C16H24N6O3. The molecule has 0 spiro atoms. The van der Waals surface area contributed by atoms with Crippen LogP contribution in [0.5, 0.6) is 0 Å². The van der Waals surface area contributed by atoms with Crippen LogP contribution in [0.25, 0.3) is 11.0 Å². The predicted molar refractivity (Wildman–Crippen MR) is 91.7 cm³/mol. The molecule has 0 bridgehead atoms. The Morgan fingerprint density at radius 3 is 2.76 bits per heavy atom. The zero-order valence-electron chi connectivity index (χ0n) is 14.0. The van der Waals surface area contributed by atoms with Crippen molar-refractivity contribution >= 4 is 16.9 Å². The topological polar surface area (TPSA) is 135 Å². The number of ether oxygens (including phenoxy) is 1. The zero-order valence-corrected chi connectivity index (χ0v) is 14.0. The lowest BCUT2D eigenvalue weighted by molar-refractivity contribution is -0.0373. The lowest BCUT2D eigenvalue weighted by atomic mass is 10.1. The van der Waals surface area contributed by atoms with Crippen molar-refractivity contribution in [1.29, 1.82) is 0 Å². The van der Waals surface area contributed by atoms with Gasteiger partial charge in [0, 0.05) is 25.8 Å². The first kappa shape index (κ1) is 16.7. The van der Waals surface area contributed by atoms with E-state index >= 15 is 0 Å². The van der Waals surface area contributed by atoms with Crippen LogP contribution in [-0.2, 0) is 11.2 Å². The fraction of sp³-hybridized carbons (Fsp3) is 0.625. The van der Waals surface area contributed by atoms with Gasteiger partial charge in [-0.3, -0.25) is 4.90 Å². The van der Waals surface area contributed by atoms with Crippen molar-refractivity contribution < 1.29 is 14.9 Å². The normalized spacial score (nSPS) is 29.6. The standard InChI is InChI=1S/C16H24N6O3/c17-3-1-2-9-6-22(15-11(9)14(18)19-8-20-15)16-13(24)12(23)10(25-16)7-21-4-5-21/h6,8,10,12-13,16,23-24H,1-5,7,17H2,(H2,18,19,20)/t10-,12-,13-,16-/m1/s1. The summed E-state index contributed by atoms with van der Waals surface area (Å²) < 4.78 is 7.74. The van der Waals surface area contributed by atoms with Crippen LogP contribution < -0.4 is 11.5 Å². The van der Waals surface area contributed by atoms with Crippen LogP contribution in [0.1, 0.15) is 18.2 Å². The summed E-state index contributed by atoms with van der Waals surface area (Å²) in [6.07, 6.45) is 1.73. The van der Waals surface area contributed by atoms with Crippen molar-refractivity contribution in [2.45, 2.75) is 37.4 Å². The van der Waals surface area contributed by atoms with E-state index in [4.69, 9.17) is 16.2 Å². The second kappa shape index (κ2) is 6.50. The van der Waals surface area contributed by atoms with E-state index in [2.05, 4.69) is 14.9 Å². The van der Waals surface area contributed by atoms with E-state index in [-0.39, 0.29) is 0 Å². The van der Waals surface area contributed by atoms with Crippen molar-refractivity contribution in [3.05, 3.63) is 18.1 Å². The Bertz CT molecular complexity index is 762. The molecule has 4 rings (SSSR count). The summed E-state index contributed by atoms with van der Waals surface area (Å²) in [5, 5.41) is 21.6. The van der Waals surface area contributed by atoms with Crippen molar-refractivity contribution in [1.82, 2.24) is 19.4 Å². The fourth-order valence-corrected chi connectivity index (χ4v) is 3.48. The summed E-state index contributed by atoms with van der Waals surface area (Å²) in [7, 11) is 0. The van der Waals surface area contributed by atoms with Gasteiger partial charge < -0.3 is 31.0 Å². The molecule has 2 fully saturated rings. The van der Waals surface area contributed by atoms with E-state index in [0.717, 1.165) is 36.9 Å². The van der Waals surface area contributed by atoms with Crippen molar-refractivity contribution in [2.75, 3.05) is 31.9 Å². The van der Waals surface area contributed by atoms with Crippen LogP contribution >= 0.6 is 0 Å². The lowest BCUT2D eigenvalue weighted by Crippen LogP contribution is -2.35. The number of hydrogen-bond acceptors (Lipinski definition) is 8. The molecule has 0 saturated carbocycles. The molecule has 0 aliphatic carbocycles. The third-order valence-electron chi connectivity index (χ3n) is 4.96. The number of nitrogens with two attached hydrogens (primary N) is 2. The van der Waals surface area contributed by atoms with E-state index < -0.39 is 24.5 Å². The molecule has 2 aromatic heterocycles. The molecule has 6 N–H and O–H groups in total. The number of aromatic nitrogens is 3. The van der Waals surface area contributed by atoms with Crippen molar-refractivity contribution in [3.63, 3.8) is 0 Å². The maximum atomic E-state index is 10.5. The molecule has 2 aromatic rings. The lowest BCUT2D eigenvalue weighted by Gasteiger charge is -2.17. The Morgan fingerprint density at radius 2 is 2.04 bits per heavy atom. The van der Waals surface area contributed by atoms with Crippen LogP contribution in [0.3, 0.4) is 0 Å². The smallest absolute Gasteiger partial charge is 0.164 e. The van der Waals surface area contributed by atoms with Gasteiger partial charge in [0.1, 0.15) is 36.1 Å². The Hall–Kier alpha value is -1.78. The molecule has 0 unspecified atom stereocenters.